The molecule has 0 saturated carbocycles. The average molecular weight is 469 g/mol. The van der Waals surface area contributed by atoms with Crippen LogP contribution in [0.1, 0.15) is 22.5 Å². The van der Waals surface area contributed by atoms with Crippen LogP contribution in [0.4, 0.5) is 10.2 Å². The van der Waals surface area contributed by atoms with Crippen molar-refractivity contribution in [3.05, 3.63) is 95.2 Å². The van der Waals surface area contributed by atoms with Gasteiger partial charge in [-0.15, -0.1) is 0 Å². The van der Waals surface area contributed by atoms with Crippen LogP contribution in [0.3, 0.4) is 0 Å². The summed E-state index contributed by atoms with van der Waals surface area (Å²) in [5.74, 6) is -0.149. The second-order valence-corrected chi connectivity index (χ2v) is 8.64. The van der Waals surface area contributed by atoms with Crippen molar-refractivity contribution in [3.63, 3.8) is 0 Å². The Morgan fingerprint density at radius 1 is 0.971 bits per heavy atom. The van der Waals surface area contributed by atoms with E-state index in [1.807, 2.05) is 26.0 Å². The van der Waals surface area contributed by atoms with Gasteiger partial charge in [-0.25, -0.2) is 14.1 Å². The molecule has 5 aromatic rings. The molecule has 0 aliphatic rings. The van der Waals surface area contributed by atoms with Crippen LogP contribution in [0, 0.1) is 26.6 Å². The minimum absolute atomic E-state index is 0.00612. The highest BCUT2D eigenvalue weighted by atomic mass is 19.1. The van der Waals surface area contributed by atoms with Crippen molar-refractivity contribution in [2.45, 2.75) is 33.9 Å². The molecule has 1 N–H and O–H groups in total. The van der Waals surface area contributed by atoms with Crippen molar-refractivity contribution < 1.29 is 9.18 Å². The Morgan fingerprint density at radius 3 is 2.60 bits per heavy atom. The third kappa shape index (κ3) is 4.55. The molecular formula is C27H25FN6O. The van der Waals surface area contributed by atoms with E-state index < -0.39 is 0 Å². The van der Waals surface area contributed by atoms with Gasteiger partial charge in [0, 0.05) is 28.9 Å². The summed E-state index contributed by atoms with van der Waals surface area (Å²) in [5.41, 5.74) is 6.09. The van der Waals surface area contributed by atoms with Crippen LogP contribution in [0.5, 0.6) is 0 Å². The van der Waals surface area contributed by atoms with E-state index in [2.05, 4.69) is 45.6 Å². The molecule has 176 valence electrons. The van der Waals surface area contributed by atoms with E-state index in [1.54, 1.807) is 39.8 Å². The molecule has 0 radical (unpaired) electrons. The Hall–Kier alpha value is -4.33. The topological polar surface area (TPSA) is 77.6 Å². The smallest absolute Gasteiger partial charge is 0.247 e. The summed E-state index contributed by atoms with van der Waals surface area (Å²) >= 11 is 0. The predicted molar refractivity (Wildman–Crippen MR) is 134 cm³/mol. The fraction of sp³-hybridized carbons (Fsp3) is 0.185. The largest absolute Gasteiger partial charge is 0.308 e. The number of halogens is 1. The molecule has 35 heavy (non-hydrogen) atoms. The SMILES string of the molecule is Cc1cccc(-c2ccnc3c2c(C)nn3CC(=O)Nc2cc(C)n(Cc3ccccc3F)n2)c1. The van der Waals surface area contributed by atoms with Gasteiger partial charge in [0.1, 0.15) is 12.4 Å². The second-order valence-electron chi connectivity index (χ2n) is 8.64. The lowest BCUT2D eigenvalue weighted by atomic mass is 10.0. The molecular weight excluding hydrogens is 443 g/mol. The zero-order chi connectivity index (χ0) is 24.5. The number of rotatable bonds is 6. The van der Waals surface area contributed by atoms with E-state index in [1.165, 1.54) is 11.6 Å². The molecule has 0 saturated heterocycles. The van der Waals surface area contributed by atoms with Crippen LogP contribution >= 0.6 is 0 Å². The second kappa shape index (κ2) is 9.13. The van der Waals surface area contributed by atoms with E-state index in [0.29, 0.717) is 17.0 Å². The minimum atomic E-state index is -0.286. The van der Waals surface area contributed by atoms with E-state index in [4.69, 9.17) is 0 Å². The molecule has 3 heterocycles. The van der Waals surface area contributed by atoms with Crippen molar-refractivity contribution in [1.29, 1.82) is 0 Å². The van der Waals surface area contributed by atoms with Crippen LogP contribution in [-0.4, -0.2) is 30.5 Å². The molecule has 1 amide bonds. The maximum Gasteiger partial charge on any atom is 0.247 e. The van der Waals surface area contributed by atoms with E-state index in [0.717, 1.165) is 27.9 Å². The number of anilines is 1. The van der Waals surface area contributed by atoms with Crippen LogP contribution in [0.2, 0.25) is 0 Å². The predicted octanol–water partition coefficient (Wildman–Crippen LogP) is 5.05. The number of nitrogens with one attached hydrogen (secondary N) is 1. The summed E-state index contributed by atoms with van der Waals surface area (Å²) in [6.07, 6.45) is 1.74. The fourth-order valence-electron chi connectivity index (χ4n) is 4.28. The first-order valence-corrected chi connectivity index (χ1v) is 11.4. The zero-order valence-corrected chi connectivity index (χ0v) is 19.8. The number of aryl methyl sites for hydroxylation is 3. The standard InChI is InChI=1S/C27H25FN6O/c1-17-7-6-9-20(13-17)22-11-12-29-27-26(22)19(3)31-34(27)16-25(35)30-24-14-18(2)33(32-24)15-21-8-4-5-10-23(21)28/h4-14H,15-16H2,1-3H3,(H,30,32,35). The molecule has 5 rings (SSSR count). The van der Waals surface area contributed by atoms with Gasteiger partial charge < -0.3 is 5.32 Å². The minimum Gasteiger partial charge on any atom is -0.308 e. The van der Waals surface area contributed by atoms with Crippen molar-refractivity contribution in [2.75, 3.05) is 5.32 Å². The number of carbonyl (C=O) groups is 1. The lowest BCUT2D eigenvalue weighted by molar-refractivity contribution is -0.116. The lowest BCUT2D eigenvalue weighted by Crippen LogP contribution is -2.20. The molecule has 8 heteroatoms. The fourth-order valence-corrected chi connectivity index (χ4v) is 4.28. The van der Waals surface area contributed by atoms with Gasteiger partial charge in [-0.3, -0.25) is 9.48 Å². The molecule has 0 fully saturated rings. The normalized spacial score (nSPS) is 11.2. The number of nitrogens with zero attached hydrogens (tertiary/aromatic N) is 5. The Morgan fingerprint density at radius 2 is 1.80 bits per heavy atom. The first kappa shape index (κ1) is 22.5. The van der Waals surface area contributed by atoms with E-state index in [9.17, 15) is 9.18 Å². The summed E-state index contributed by atoms with van der Waals surface area (Å²) in [6, 6.07) is 18.6. The third-order valence-electron chi connectivity index (χ3n) is 5.96. The van der Waals surface area contributed by atoms with E-state index >= 15 is 0 Å². The molecule has 0 unspecified atom stereocenters. The highest BCUT2D eigenvalue weighted by molar-refractivity contribution is 5.96. The summed E-state index contributed by atoms with van der Waals surface area (Å²) in [6.45, 7) is 6.12. The molecule has 0 aliphatic carbocycles. The lowest BCUT2D eigenvalue weighted by Gasteiger charge is -2.07. The van der Waals surface area contributed by atoms with Crippen LogP contribution in [0.15, 0.2) is 66.9 Å². The molecule has 3 aromatic heterocycles. The Kier molecular flexibility index (Phi) is 5.86. The Labute approximate surface area is 202 Å². The number of carbonyl (C=O) groups excluding carboxylic acids is 1. The summed E-state index contributed by atoms with van der Waals surface area (Å²) in [4.78, 5) is 17.4. The number of pyridine rings is 1. The molecule has 2 aromatic carbocycles. The van der Waals surface area contributed by atoms with Crippen LogP contribution < -0.4 is 5.32 Å². The Balaban J connectivity index is 1.36. The molecule has 7 nitrogen and oxygen atoms in total. The summed E-state index contributed by atoms with van der Waals surface area (Å²) in [5, 5.41) is 12.8. The first-order valence-electron chi connectivity index (χ1n) is 11.4. The van der Waals surface area contributed by atoms with Gasteiger partial charge in [-0.2, -0.15) is 10.2 Å². The number of hydrogen-bond acceptors (Lipinski definition) is 4. The van der Waals surface area contributed by atoms with Gasteiger partial charge in [0.05, 0.1) is 12.2 Å². The maximum absolute atomic E-state index is 14.0. The highest BCUT2D eigenvalue weighted by Gasteiger charge is 2.17. The monoisotopic (exact) mass is 468 g/mol. The van der Waals surface area contributed by atoms with Gasteiger partial charge in [0.2, 0.25) is 5.91 Å². The van der Waals surface area contributed by atoms with Crippen molar-refractivity contribution in [1.82, 2.24) is 24.5 Å². The quantitative estimate of drug-likeness (QED) is 0.379. The molecule has 0 spiro atoms. The van der Waals surface area contributed by atoms with Crippen molar-refractivity contribution in [3.8, 4) is 11.1 Å². The molecule has 0 aliphatic heterocycles. The summed E-state index contributed by atoms with van der Waals surface area (Å²) in [7, 11) is 0. The van der Waals surface area contributed by atoms with Gasteiger partial charge in [0.15, 0.2) is 11.5 Å². The number of amides is 1. The molecule has 0 atom stereocenters. The average Bonchev–Trinajstić information content (AvgIpc) is 3.33. The number of fused-ring (bicyclic) bond motifs is 1. The van der Waals surface area contributed by atoms with Gasteiger partial charge in [-0.05, 0) is 44.0 Å². The van der Waals surface area contributed by atoms with Crippen molar-refractivity contribution in [2.24, 2.45) is 0 Å². The first-order chi connectivity index (χ1) is 16.9. The van der Waals surface area contributed by atoms with Crippen molar-refractivity contribution >= 4 is 22.8 Å². The highest BCUT2D eigenvalue weighted by Crippen LogP contribution is 2.30. The van der Waals surface area contributed by atoms with Crippen LogP contribution in [0.25, 0.3) is 22.2 Å². The van der Waals surface area contributed by atoms with Crippen LogP contribution in [-0.2, 0) is 17.9 Å². The number of aromatic nitrogens is 5. The Bertz CT molecular complexity index is 1550. The third-order valence-corrected chi connectivity index (χ3v) is 5.96. The number of benzene rings is 2. The van der Waals surface area contributed by atoms with Gasteiger partial charge in [0.25, 0.3) is 0 Å². The van der Waals surface area contributed by atoms with Gasteiger partial charge in [-0.1, -0.05) is 48.0 Å². The maximum atomic E-state index is 14.0. The summed E-state index contributed by atoms with van der Waals surface area (Å²) < 4.78 is 17.3. The van der Waals surface area contributed by atoms with Gasteiger partial charge >= 0.3 is 0 Å². The molecule has 0 bridgehead atoms. The van der Waals surface area contributed by atoms with E-state index in [-0.39, 0.29) is 24.8 Å². The number of hydrogen-bond donors (Lipinski definition) is 1. The zero-order valence-electron chi connectivity index (χ0n) is 19.8.